The van der Waals surface area contributed by atoms with Crippen LogP contribution in [0.5, 0.6) is 0 Å². The average molecular weight is 300 g/mol. The van der Waals surface area contributed by atoms with Crippen molar-refractivity contribution in [3.63, 3.8) is 0 Å². The molecular weight excluding hydrogens is 276 g/mol. The van der Waals surface area contributed by atoms with Gasteiger partial charge in [-0.15, -0.1) is 12.3 Å². The Morgan fingerprint density at radius 1 is 1.27 bits per heavy atom. The summed E-state index contributed by atoms with van der Waals surface area (Å²) in [5.74, 6) is 3.74. The smallest absolute Gasteiger partial charge is 0.222 e. The van der Waals surface area contributed by atoms with E-state index in [9.17, 15) is 4.79 Å². The topological polar surface area (TPSA) is 48.3 Å². The van der Waals surface area contributed by atoms with Crippen LogP contribution in [0.1, 0.15) is 44.9 Å². The maximum absolute atomic E-state index is 12.5. The van der Waals surface area contributed by atoms with Crippen LogP contribution in [0.25, 0.3) is 0 Å². The highest BCUT2D eigenvalue weighted by atomic mass is 16.2. The van der Waals surface area contributed by atoms with Crippen LogP contribution in [0.15, 0.2) is 10.2 Å². The molecule has 0 aromatic rings. The third-order valence-corrected chi connectivity index (χ3v) is 6.06. The van der Waals surface area contributed by atoms with Gasteiger partial charge in [0.1, 0.15) is 0 Å². The van der Waals surface area contributed by atoms with Gasteiger partial charge >= 0.3 is 0 Å². The molecule has 0 aromatic heterocycles. The molecule has 1 aliphatic carbocycles. The molecule has 2 bridgehead atoms. The predicted molar refractivity (Wildman–Crippen MR) is 83.1 cm³/mol. The number of terminal acetylenes is 1. The van der Waals surface area contributed by atoms with Gasteiger partial charge in [0.25, 0.3) is 0 Å². The van der Waals surface area contributed by atoms with Crippen LogP contribution in [0, 0.1) is 18.3 Å². The van der Waals surface area contributed by atoms with Crippen LogP contribution in [-0.2, 0) is 4.79 Å². The molecule has 4 aliphatic rings. The highest BCUT2D eigenvalue weighted by Gasteiger charge is 2.48. The molecule has 1 saturated carbocycles. The first kappa shape index (κ1) is 14.2. The number of piperidine rings is 1. The van der Waals surface area contributed by atoms with E-state index >= 15 is 0 Å². The molecule has 0 radical (unpaired) electrons. The molecule has 5 nitrogen and oxygen atoms in total. The van der Waals surface area contributed by atoms with Crippen LogP contribution in [0.2, 0.25) is 0 Å². The van der Waals surface area contributed by atoms with E-state index in [0.29, 0.717) is 18.9 Å². The van der Waals surface area contributed by atoms with Crippen molar-refractivity contribution in [3.05, 3.63) is 0 Å². The first-order valence-corrected chi connectivity index (χ1v) is 8.62. The Bertz CT molecular complexity index is 531. The summed E-state index contributed by atoms with van der Waals surface area (Å²) in [6, 6.07) is 1.44. The summed E-state index contributed by atoms with van der Waals surface area (Å²) in [5.41, 5.74) is -0.323. The van der Waals surface area contributed by atoms with Gasteiger partial charge in [-0.05, 0) is 25.2 Å². The summed E-state index contributed by atoms with van der Waals surface area (Å²) in [4.78, 5) is 17.3. The van der Waals surface area contributed by atoms with Crippen molar-refractivity contribution >= 4 is 5.91 Å². The maximum atomic E-state index is 12.5. The van der Waals surface area contributed by atoms with Crippen molar-refractivity contribution in [2.45, 2.75) is 62.7 Å². The van der Waals surface area contributed by atoms with Crippen LogP contribution < -0.4 is 0 Å². The lowest BCUT2D eigenvalue weighted by Crippen LogP contribution is -2.56. The number of carbonyl (C=O) groups is 1. The molecular formula is C17H24N4O. The van der Waals surface area contributed by atoms with Gasteiger partial charge in [0.2, 0.25) is 5.91 Å². The summed E-state index contributed by atoms with van der Waals surface area (Å²) >= 11 is 0. The second kappa shape index (κ2) is 5.34. The Morgan fingerprint density at radius 2 is 2.14 bits per heavy atom. The predicted octanol–water partition coefficient (Wildman–Crippen LogP) is 2.04. The highest BCUT2D eigenvalue weighted by molar-refractivity contribution is 5.76. The van der Waals surface area contributed by atoms with Gasteiger partial charge in [-0.3, -0.25) is 9.69 Å². The van der Waals surface area contributed by atoms with E-state index in [0.717, 1.165) is 44.4 Å². The number of piperazine rings is 1. The first-order valence-electron chi connectivity index (χ1n) is 8.62. The van der Waals surface area contributed by atoms with E-state index in [1.54, 1.807) is 0 Å². The summed E-state index contributed by atoms with van der Waals surface area (Å²) in [6.07, 6.45) is 12.2. The van der Waals surface area contributed by atoms with E-state index < -0.39 is 0 Å². The van der Waals surface area contributed by atoms with Gasteiger partial charge in [0, 0.05) is 57.4 Å². The van der Waals surface area contributed by atoms with Crippen LogP contribution >= 0.6 is 0 Å². The van der Waals surface area contributed by atoms with E-state index in [1.165, 1.54) is 19.3 Å². The van der Waals surface area contributed by atoms with Crippen LogP contribution in [0.3, 0.4) is 0 Å². The Hall–Kier alpha value is -1.41. The van der Waals surface area contributed by atoms with Gasteiger partial charge in [0.15, 0.2) is 5.66 Å². The molecule has 0 aromatic carbocycles. The standard InChI is InChI=1S/C17H24N4O/c1-2-3-7-17(18-19-17)8-6-16(22)20-9-10-21-14-5-4-13(11-14)15(21)12-20/h1,13-15H,3-12H2/t13-,14+,15-/m1/s1. The van der Waals surface area contributed by atoms with Crippen LogP contribution in [-0.4, -0.2) is 53.1 Å². The molecule has 1 amide bonds. The van der Waals surface area contributed by atoms with E-state index in [2.05, 4.69) is 25.9 Å². The monoisotopic (exact) mass is 300 g/mol. The highest BCUT2D eigenvalue weighted by Crippen LogP contribution is 2.44. The molecule has 118 valence electrons. The molecule has 22 heavy (non-hydrogen) atoms. The van der Waals surface area contributed by atoms with Gasteiger partial charge in [-0.25, -0.2) is 0 Å². The van der Waals surface area contributed by atoms with E-state index in [4.69, 9.17) is 6.42 Å². The van der Waals surface area contributed by atoms with Gasteiger partial charge in [0.05, 0.1) is 0 Å². The molecule has 2 saturated heterocycles. The number of amides is 1. The fourth-order valence-corrected chi connectivity index (χ4v) is 4.70. The number of nitrogens with zero attached hydrogens (tertiary/aromatic N) is 4. The lowest BCUT2D eigenvalue weighted by Gasteiger charge is -2.43. The molecule has 5 heteroatoms. The van der Waals surface area contributed by atoms with Crippen molar-refractivity contribution in [3.8, 4) is 12.3 Å². The molecule has 3 aliphatic heterocycles. The minimum absolute atomic E-state index is 0.278. The lowest BCUT2D eigenvalue weighted by molar-refractivity contribution is -0.135. The van der Waals surface area contributed by atoms with Gasteiger partial charge in [-0.2, -0.15) is 10.2 Å². The number of fused-ring (bicyclic) bond motifs is 5. The molecule has 3 heterocycles. The maximum Gasteiger partial charge on any atom is 0.222 e. The fourth-order valence-electron chi connectivity index (χ4n) is 4.70. The third-order valence-electron chi connectivity index (χ3n) is 6.06. The van der Waals surface area contributed by atoms with Crippen molar-refractivity contribution in [1.82, 2.24) is 9.80 Å². The van der Waals surface area contributed by atoms with E-state index in [1.807, 2.05) is 0 Å². The Balaban J connectivity index is 1.28. The molecule has 4 rings (SSSR count). The SMILES string of the molecule is C#CCCC1(CCC(=O)N2CCN3[C@H]4CC[C@H](C4)[C@H]3C2)N=N1. The summed E-state index contributed by atoms with van der Waals surface area (Å²) in [6.45, 7) is 2.89. The number of carbonyl (C=O) groups excluding carboxylic acids is 1. The minimum Gasteiger partial charge on any atom is -0.340 e. The second-order valence-corrected chi connectivity index (χ2v) is 7.26. The largest absolute Gasteiger partial charge is 0.340 e. The van der Waals surface area contributed by atoms with Crippen molar-refractivity contribution in [1.29, 1.82) is 0 Å². The average Bonchev–Trinajstić information content (AvgIpc) is 3.02. The summed E-state index contributed by atoms with van der Waals surface area (Å²) in [7, 11) is 0. The van der Waals surface area contributed by atoms with Crippen molar-refractivity contribution in [2.75, 3.05) is 19.6 Å². The summed E-state index contributed by atoms with van der Waals surface area (Å²) < 4.78 is 0. The third kappa shape index (κ3) is 2.44. The number of hydrogen-bond donors (Lipinski definition) is 0. The van der Waals surface area contributed by atoms with E-state index in [-0.39, 0.29) is 11.6 Å². The van der Waals surface area contributed by atoms with Crippen molar-refractivity contribution in [2.24, 2.45) is 16.1 Å². The molecule has 0 N–H and O–H groups in total. The lowest BCUT2D eigenvalue weighted by atomic mass is 9.96. The quantitative estimate of drug-likeness (QED) is 0.730. The van der Waals surface area contributed by atoms with Gasteiger partial charge in [-0.1, -0.05) is 0 Å². The Labute approximate surface area is 132 Å². The van der Waals surface area contributed by atoms with Crippen LogP contribution in [0.4, 0.5) is 0 Å². The fraction of sp³-hybridized carbons (Fsp3) is 0.824. The molecule has 0 spiro atoms. The Kier molecular flexibility index (Phi) is 3.45. The molecule has 3 fully saturated rings. The zero-order chi connectivity index (χ0) is 15.2. The van der Waals surface area contributed by atoms with Gasteiger partial charge < -0.3 is 4.90 Å². The normalized spacial score (nSPS) is 34.5. The number of hydrogen-bond acceptors (Lipinski definition) is 4. The zero-order valence-corrected chi connectivity index (χ0v) is 13.1. The number of rotatable bonds is 5. The first-order chi connectivity index (χ1) is 10.7. The zero-order valence-electron chi connectivity index (χ0n) is 13.1. The minimum atomic E-state index is -0.323. The second-order valence-electron chi connectivity index (χ2n) is 7.26. The van der Waals surface area contributed by atoms with Crippen molar-refractivity contribution < 1.29 is 4.79 Å². The Morgan fingerprint density at radius 3 is 2.91 bits per heavy atom. The molecule has 0 unspecified atom stereocenters. The molecule has 3 atom stereocenters. The summed E-state index contributed by atoms with van der Waals surface area (Å²) in [5, 5.41) is 8.25.